The second kappa shape index (κ2) is 7.13. The van der Waals surface area contributed by atoms with E-state index in [9.17, 15) is 4.79 Å². The maximum atomic E-state index is 12.2. The van der Waals surface area contributed by atoms with Gasteiger partial charge in [-0.2, -0.15) is 0 Å². The largest absolute Gasteiger partial charge is 0.343 e. The van der Waals surface area contributed by atoms with Crippen LogP contribution in [-0.2, 0) is 4.79 Å². The maximum Gasteiger partial charge on any atom is 0.222 e. The van der Waals surface area contributed by atoms with Gasteiger partial charge >= 0.3 is 0 Å². The Kier molecular flexibility index (Phi) is 5.48. The number of nitrogens with one attached hydrogen (secondary N) is 1. The van der Waals surface area contributed by atoms with E-state index in [2.05, 4.69) is 10.2 Å². The number of hydrogen-bond donors (Lipinski definition) is 1. The first-order chi connectivity index (χ1) is 8.79. The monoisotopic (exact) mass is 252 g/mol. The van der Waals surface area contributed by atoms with Gasteiger partial charge in [-0.15, -0.1) is 0 Å². The fourth-order valence-electron chi connectivity index (χ4n) is 3.44. The van der Waals surface area contributed by atoms with E-state index in [-0.39, 0.29) is 0 Å². The molecular formula is C15H28N2O. The second-order valence-electron chi connectivity index (χ2n) is 6.09. The number of rotatable bonds is 4. The van der Waals surface area contributed by atoms with Crippen molar-refractivity contribution in [3.05, 3.63) is 0 Å². The SMILES string of the molecule is CNCC1CCN(C(=O)CC2CCCCC2)CC1. The molecule has 2 rings (SSSR count). The molecule has 1 aliphatic heterocycles. The van der Waals surface area contributed by atoms with Crippen molar-refractivity contribution in [2.75, 3.05) is 26.7 Å². The van der Waals surface area contributed by atoms with Gasteiger partial charge in [0.05, 0.1) is 0 Å². The molecule has 2 fully saturated rings. The molecule has 1 saturated carbocycles. The van der Waals surface area contributed by atoms with Gasteiger partial charge in [0.2, 0.25) is 5.91 Å². The van der Waals surface area contributed by atoms with E-state index in [0.717, 1.165) is 32.0 Å². The zero-order chi connectivity index (χ0) is 12.8. The molecule has 0 spiro atoms. The fourth-order valence-corrected chi connectivity index (χ4v) is 3.44. The summed E-state index contributed by atoms with van der Waals surface area (Å²) < 4.78 is 0. The highest BCUT2D eigenvalue weighted by Crippen LogP contribution is 2.27. The number of piperidine rings is 1. The van der Waals surface area contributed by atoms with Crippen LogP contribution in [0.1, 0.15) is 51.4 Å². The summed E-state index contributed by atoms with van der Waals surface area (Å²) in [6.45, 7) is 3.07. The number of hydrogen-bond acceptors (Lipinski definition) is 2. The van der Waals surface area contributed by atoms with Crippen LogP contribution < -0.4 is 5.32 Å². The zero-order valence-corrected chi connectivity index (χ0v) is 11.8. The molecule has 1 N–H and O–H groups in total. The van der Waals surface area contributed by atoms with Gasteiger partial charge in [-0.05, 0) is 51.1 Å². The molecule has 1 heterocycles. The summed E-state index contributed by atoms with van der Waals surface area (Å²) in [5.41, 5.74) is 0. The molecule has 1 saturated heterocycles. The molecule has 1 aliphatic carbocycles. The van der Waals surface area contributed by atoms with E-state index in [0.29, 0.717) is 11.8 Å². The molecule has 0 aromatic carbocycles. The van der Waals surface area contributed by atoms with E-state index >= 15 is 0 Å². The van der Waals surface area contributed by atoms with E-state index in [1.807, 2.05) is 7.05 Å². The van der Waals surface area contributed by atoms with Crippen LogP contribution in [0, 0.1) is 11.8 Å². The Morgan fingerprint density at radius 1 is 1.06 bits per heavy atom. The van der Waals surface area contributed by atoms with E-state index in [1.54, 1.807) is 0 Å². The zero-order valence-electron chi connectivity index (χ0n) is 11.8. The molecular weight excluding hydrogens is 224 g/mol. The first kappa shape index (κ1) is 13.9. The van der Waals surface area contributed by atoms with Crippen molar-refractivity contribution < 1.29 is 4.79 Å². The lowest BCUT2D eigenvalue weighted by atomic mass is 9.86. The quantitative estimate of drug-likeness (QED) is 0.833. The normalized spacial score (nSPS) is 23.3. The number of amides is 1. The van der Waals surface area contributed by atoms with Crippen molar-refractivity contribution in [1.82, 2.24) is 10.2 Å². The molecule has 3 heteroatoms. The van der Waals surface area contributed by atoms with E-state index in [4.69, 9.17) is 0 Å². The molecule has 0 unspecified atom stereocenters. The fraction of sp³-hybridized carbons (Fsp3) is 0.933. The average molecular weight is 252 g/mol. The van der Waals surface area contributed by atoms with Gasteiger partial charge in [0, 0.05) is 19.5 Å². The van der Waals surface area contributed by atoms with Crippen LogP contribution in [0.15, 0.2) is 0 Å². The third-order valence-corrected chi connectivity index (χ3v) is 4.65. The highest BCUT2D eigenvalue weighted by Gasteiger charge is 2.24. The van der Waals surface area contributed by atoms with Crippen LogP contribution in [0.3, 0.4) is 0 Å². The van der Waals surface area contributed by atoms with Crippen LogP contribution in [0.4, 0.5) is 0 Å². The van der Waals surface area contributed by atoms with Gasteiger partial charge < -0.3 is 10.2 Å². The van der Waals surface area contributed by atoms with Gasteiger partial charge in [0.15, 0.2) is 0 Å². The molecule has 0 bridgehead atoms. The van der Waals surface area contributed by atoms with Gasteiger partial charge in [0.25, 0.3) is 0 Å². The summed E-state index contributed by atoms with van der Waals surface area (Å²) in [6, 6.07) is 0. The summed E-state index contributed by atoms with van der Waals surface area (Å²) in [5, 5.41) is 3.24. The van der Waals surface area contributed by atoms with Crippen molar-refractivity contribution in [1.29, 1.82) is 0 Å². The summed E-state index contributed by atoms with van der Waals surface area (Å²) in [5.74, 6) is 1.87. The molecule has 0 radical (unpaired) electrons. The molecule has 2 aliphatic rings. The Labute approximate surface area is 111 Å². The topological polar surface area (TPSA) is 32.3 Å². The highest BCUT2D eigenvalue weighted by atomic mass is 16.2. The Hall–Kier alpha value is -0.570. The minimum Gasteiger partial charge on any atom is -0.343 e. The Morgan fingerprint density at radius 3 is 2.33 bits per heavy atom. The lowest BCUT2D eigenvalue weighted by Gasteiger charge is -2.33. The van der Waals surface area contributed by atoms with Gasteiger partial charge in [-0.1, -0.05) is 19.3 Å². The van der Waals surface area contributed by atoms with Crippen LogP contribution >= 0.6 is 0 Å². The molecule has 0 aromatic rings. The van der Waals surface area contributed by atoms with Gasteiger partial charge in [-0.25, -0.2) is 0 Å². The highest BCUT2D eigenvalue weighted by molar-refractivity contribution is 5.76. The number of carbonyl (C=O) groups is 1. The van der Waals surface area contributed by atoms with Crippen molar-refractivity contribution in [3.8, 4) is 0 Å². The van der Waals surface area contributed by atoms with Gasteiger partial charge in [0.1, 0.15) is 0 Å². The standard InChI is InChI=1S/C15H28N2O/c1-16-12-14-7-9-17(10-8-14)15(18)11-13-5-3-2-4-6-13/h13-14,16H,2-12H2,1H3. The van der Waals surface area contributed by atoms with Crippen LogP contribution in [0.25, 0.3) is 0 Å². The Balaban J connectivity index is 1.70. The molecule has 0 atom stereocenters. The number of likely N-dealkylation sites (tertiary alicyclic amines) is 1. The summed E-state index contributed by atoms with van der Waals surface area (Å²) >= 11 is 0. The Morgan fingerprint density at radius 2 is 1.72 bits per heavy atom. The summed E-state index contributed by atoms with van der Waals surface area (Å²) in [7, 11) is 2.01. The molecule has 1 amide bonds. The Bertz CT molecular complexity index is 253. The molecule has 3 nitrogen and oxygen atoms in total. The molecule has 0 aromatic heterocycles. The van der Waals surface area contributed by atoms with Crippen LogP contribution in [0.2, 0.25) is 0 Å². The molecule has 104 valence electrons. The second-order valence-corrected chi connectivity index (χ2v) is 6.09. The third-order valence-electron chi connectivity index (χ3n) is 4.65. The van der Waals surface area contributed by atoms with E-state index in [1.165, 1.54) is 44.9 Å². The third kappa shape index (κ3) is 3.98. The first-order valence-corrected chi connectivity index (χ1v) is 7.72. The summed E-state index contributed by atoms with van der Waals surface area (Å²) in [6.07, 6.45) is 9.78. The number of nitrogens with zero attached hydrogens (tertiary/aromatic N) is 1. The lowest BCUT2D eigenvalue weighted by Crippen LogP contribution is -2.41. The van der Waals surface area contributed by atoms with Crippen LogP contribution in [0.5, 0.6) is 0 Å². The van der Waals surface area contributed by atoms with Crippen molar-refractivity contribution in [3.63, 3.8) is 0 Å². The minimum atomic E-state index is 0.421. The predicted molar refractivity (Wildman–Crippen MR) is 74.4 cm³/mol. The number of carbonyl (C=O) groups excluding carboxylic acids is 1. The predicted octanol–water partition coefficient (Wildman–Crippen LogP) is 2.41. The lowest BCUT2D eigenvalue weighted by molar-refractivity contribution is -0.133. The smallest absolute Gasteiger partial charge is 0.222 e. The molecule has 18 heavy (non-hydrogen) atoms. The van der Waals surface area contributed by atoms with Crippen LogP contribution in [-0.4, -0.2) is 37.5 Å². The van der Waals surface area contributed by atoms with Crippen molar-refractivity contribution in [2.24, 2.45) is 11.8 Å². The van der Waals surface area contributed by atoms with E-state index < -0.39 is 0 Å². The minimum absolute atomic E-state index is 0.421. The first-order valence-electron chi connectivity index (χ1n) is 7.72. The van der Waals surface area contributed by atoms with Gasteiger partial charge in [-0.3, -0.25) is 4.79 Å². The van der Waals surface area contributed by atoms with Crippen molar-refractivity contribution >= 4 is 5.91 Å². The summed E-state index contributed by atoms with van der Waals surface area (Å²) in [4.78, 5) is 14.4. The average Bonchev–Trinajstić information content (AvgIpc) is 2.41. The maximum absolute atomic E-state index is 12.2. The van der Waals surface area contributed by atoms with Crippen molar-refractivity contribution in [2.45, 2.75) is 51.4 Å².